The van der Waals surface area contributed by atoms with Gasteiger partial charge in [-0.15, -0.1) is 5.10 Å². The molecule has 1 aromatic carbocycles. The zero-order valence-corrected chi connectivity index (χ0v) is 17.7. The van der Waals surface area contributed by atoms with Gasteiger partial charge in [0.1, 0.15) is 11.8 Å². The Morgan fingerprint density at radius 1 is 1.30 bits per heavy atom. The molecule has 0 amide bonds. The number of fused-ring (bicyclic) bond motifs is 1. The van der Waals surface area contributed by atoms with E-state index in [-0.39, 0.29) is 11.6 Å². The number of nitrogens with zero attached hydrogens (tertiary/aromatic N) is 5. The molecule has 0 aliphatic carbocycles. The zero-order valence-electron chi connectivity index (χ0n) is 17.7. The number of rotatable bonds is 7. The minimum absolute atomic E-state index is 0.139. The van der Waals surface area contributed by atoms with Crippen molar-refractivity contribution in [3.05, 3.63) is 46.0 Å². The molecule has 1 saturated heterocycles. The van der Waals surface area contributed by atoms with Crippen LogP contribution in [0.25, 0.3) is 10.9 Å². The molecule has 1 N–H and O–H groups in total. The van der Waals surface area contributed by atoms with Gasteiger partial charge in [-0.25, -0.2) is 4.68 Å². The molecule has 1 fully saturated rings. The largest absolute Gasteiger partial charge is 0.497 e. The van der Waals surface area contributed by atoms with E-state index in [1.807, 2.05) is 24.3 Å². The highest BCUT2D eigenvalue weighted by atomic mass is 16.5. The van der Waals surface area contributed by atoms with Crippen molar-refractivity contribution in [3.8, 4) is 5.75 Å². The number of likely N-dealkylation sites (tertiary alicyclic amines) is 1. The Morgan fingerprint density at radius 2 is 2.17 bits per heavy atom. The molecule has 2 aromatic heterocycles. The number of ether oxygens (including phenoxy) is 2. The van der Waals surface area contributed by atoms with Crippen molar-refractivity contribution in [1.82, 2.24) is 30.1 Å². The minimum atomic E-state index is -0.324. The molecule has 9 heteroatoms. The van der Waals surface area contributed by atoms with Crippen molar-refractivity contribution < 1.29 is 9.47 Å². The number of methoxy groups -OCH3 is 2. The quantitative estimate of drug-likeness (QED) is 0.634. The molecule has 4 rings (SSSR count). The van der Waals surface area contributed by atoms with Gasteiger partial charge in [0.25, 0.3) is 5.56 Å². The van der Waals surface area contributed by atoms with Crippen LogP contribution in [0.3, 0.4) is 0 Å². The van der Waals surface area contributed by atoms with Gasteiger partial charge < -0.3 is 14.5 Å². The van der Waals surface area contributed by atoms with E-state index in [4.69, 9.17) is 9.47 Å². The average Bonchev–Trinajstić information content (AvgIpc) is 3.20. The van der Waals surface area contributed by atoms with Gasteiger partial charge in [0.15, 0.2) is 5.82 Å². The van der Waals surface area contributed by atoms with Crippen LogP contribution >= 0.6 is 0 Å². The molecule has 0 unspecified atom stereocenters. The van der Waals surface area contributed by atoms with Crippen LogP contribution in [0, 0.1) is 5.92 Å². The first-order valence-corrected chi connectivity index (χ1v) is 10.3. The Bertz CT molecular complexity index is 1060. The van der Waals surface area contributed by atoms with Gasteiger partial charge in [-0.1, -0.05) is 6.92 Å². The maximum absolute atomic E-state index is 13.2. The number of hydrogen-bond acceptors (Lipinski definition) is 7. The molecule has 3 aromatic rings. The van der Waals surface area contributed by atoms with Gasteiger partial charge >= 0.3 is 0 Å². The molecular formula is C21H28N6O3. The number of nitrogens with one attached hydrogen (secondary N) is 1. The van der Waals surface area contributed by atoms with Crippen molar-refractivity contribution in [2.24, 2.45) is 5.92 Å². The number of H-pyrrole nitrogens is 1. The summed E-state index contributed by atoms with van der Waals surface area (Å²) in [5, 5.41) is 13.3. The summed E-state index contributed by atoms with van der Waals surface area (Å²) in [6, 6.07) is 7.31. The molecule has 1 aliphatic rings. The normalized spacial score (nSPS) is 18.6. The smallest absolute Gasteiger partial charge is 0.253 e. The fraction of sp³-hybridized carbons (Fsp3) is 0.524. The Balaban J connectivity index is 1.82. The summed E-state index contributed by atoms with van der Waals surface area (Å²) < 4.78 is 12.2. The summed E-state index contributed by atoms with van der Waals surface area (Å²) in [4.78, 5) is 18.5. The van der Waals surface area contributed by atoms with Crippen LogP contribution in [-0.4, -0.2) is 64.0 Å². The second kappa shape index (κ2) is 8.93. The molecule has 3 heterocycles. The minimum Gasteiger partial charge on any atom is -0.497 e. The Morgan fingerprint density at radius 3 is 2.93 bits per heavy atom. The second-order valence-electron chi connectivity index (χ2n) is 7.90. The third-order valence-corrected chi connectivity index (χ3v) is 5.74. The van der Waals surface area contributed by atoms with Gasteiger partial charge in [0, 0.05) is 25.3 Å². The molecule has 160 valence electrons. The summed E-state index contributed by atoms with van der Waals surface area (Å²) in [6.45, 7) is 5.05. The SMILES string of the molecule is COCCn1nnnc1[C@H](c1cc2ccc(OC)cc2[nH]c1=O)N1CCC[C@@H](C)C1. The molecule has 0 radical (unpaired) electrons. The lowest BCUT2D eigenvalue weighted by molar-refractivity contribution is 0.137. The first-order valence-electron chi connectivity index (χ1n) is 10.3. The molecular weight excluding hydrogens is 384 g/mol. The third kappa shape index (κ3) is 4.08. The molecule has 30 heavy (non-hydrogen) atoms. The van der Waals surface area contributed by atoms with Crippen LogP contribution in [0.5, 0.6) is 5.75 Å². The fourth-order valence-electron chi connectivity index (χ4n) is 4.23. The number of tetrazole rings is 1. The molecule has 1 aliphatic heterocycles. The first kappa shape index (κ1) is 20.5. The summed E-state index contributed by atoms with van der Waals surface area (Å²) in [6.07, 6.45) is 2.27. The van der Waals surface area contributed by atoms with E-state index >= 15 is 0 Å². The Hall–Kier alpha value is -2.78. The number of piperidine rings is 1. The van der Waals surface area contributed by atoms with Gasteiger partial charge in [0.05, 0.1) is 25.8 Å². The lowest BCUT2D eigenvalue weighted by Gasteiger charge is -2.36. The highest BCUT2D eigenvalue weighted by molar-refractivity contribution is 5.80. The van der Waals surface area contributed by atoms with Crippen LogP contribution in [0.1, 0.15) is 37.2 Å². The van der Waals surface area contributed by atoms with E-state index in [1.54, 1.807) is 18.9 Å². The lowest BCUT2D eigenvalue weighted by atomic mass is 9.95. The first-order chi connectivity index (χ1) is 14.6. The lowest BCUT2D eigenvalue weighted by Crippen LogP contribution is -2.41. The predicted molar refractivity (Wildman–Crippen MR) is 113 cm³/mol. The van der Waals surface area contributed by atoms with Crippen LogP contribution in [0.15, 0.2) is 29.1 Å². The van der Waals surface area contributed by atoms with E-state index in [0.29, 0.717) is 36.2 Å². The zero-order chi connectivity index (χ0) is 21.1. The highest BCUT2D eigenvalue weighted by Crippen LogP contribution is 2.31. The monoisotopic (exact) mass is 412 g/mol. The highest BCUT2D eigenvalue weighted by Gasteiger charge is 2.32. The van der Waals surface area contributed by atoms with E-state index in [2.05, 4.69) is 32.3 Å². The third-order valence-electron chi connectivity index (χ3n) is 5.74. The number of benzene rings is 1. The van der Waals surface area contributed by atoms with Crippen molar-refractivity contribution in [2.75, 3.05) is 33.9 Å². The fourth-order valence-corrected chi connectivity index (χ4v) is 4.23. The van der Waals surface area contributed by atoms with Crippen molar-refractivity contribution in [2.45, 2.75) is 32.4 Å². The van der Waals surface area contributed by atoms with Crippen molar-refractivity contribution >= 4 is 10.9 Å². The van der Waals surface area contributed by atoms with E-state index in [1.165, 1.54) is 6.42 Å². The van der Waals surface area contributed by atoms with Gasteiger partial charge in [-0.2, -0.15) is 0 Å². The standard InChI is InChI=1S/C21H28N6O3/c1-14-5-4-8-26(13-14)19(20-23-24-25-27(20)9-10-29-2)17-11-15-6-7-16(30-3)12-18(15)22-21(17)28/h6-7,11-12,14,19H,4-5,8-10,13H2,1-3H3,(H,22,28)/t14-,19+/m1/s1. The molecule has 0 bridgehead atoms. The summed E-state index contributed by atoms with van der Waals surface area (Å²) in [5.74, 6) is 1.92. The van der Waals surface area contributed by atoms with Gasteiger partial charge in [-0.3, -0.25) is 9.69 Å². The maximum atomic E-state index is 13.2. The van der Waals surface area contributed by atoms with Crippen molar-refractivity contribution in [3.63, 3.8) is 0 Å². The van der Waals surface area contributed by atoms with Crippen LogP contribution in [0.4, 0.5) is 0 Å². The summed E-state index contributed by atoms with van der Waals surface area (Å²) >= 11 is 0. The van der Waals surface area contributed by atoms with E-state index in [0.717, 1.165) is 30.4 Å². The second-order valence-corrected chi connectivity index (χ2v) is 7.90. The number of aromatic nitrogens is 5. The van der Waals surface area contributed by atoms with E-state index in [9.17, 15) is 4.79 Å². The average molecular weight is 412 g/mol. The van der Waals surface area contributed by atoms with Crippen LogP contribution in [-0.2, 0) is 11.3 Å². The van der Waals surface area contributed by atoms with Gasteiger partial charge in [-0.05, 0) is 59.3 Å². The Kier molecular flexibility index (Phi) is 6.10. The molecule has 0 spiro atoms. The number of hydrogen-bond donors (Lipinski definition) is 1. The predicted octanol–water partition coefficient (Wildman–Crippen LogP) is 1.99. The van der Waals surface area contributed by atoms with Crippen LogP contribution in [0.2, 0.25) is 0 Å². The molecule has 9 nitrogen and oxygen atoms in total. The van der Waals surface area contributed by atoms with Gasteiger partial charge in [0.2, 0.25) is 0 Å². The summed E-state index contributed by atoms with van der Waals surface area (Å²) in [5.41, 5.74) is 1.25. The Labute approximate surface area is 175 Å². The van der Waals surface area contributed by atoms with Crippen LogP contribution < -0.4 is 10.3 Å². The number of pyridine rings is 1. The molecule has 0 saturated carbocycles. The topological polar surface area (TPSA) is 98.2 Å². The number of aromatic amines is 1. The molecule has 2 atom stereocenters. The summed E-state index contributed by atoms with van der Waals surface area (Å²) in [7, 11) is 3.26. The van der Waals surface area contributed by atoms with E-state index < -0.39 is 0 Å². The van der Waals surface area contributed by atoms with Crippen molar-refractivity contribution in [1.29, 1.82) is 0 Å². The maximum Gasteiger partial charge on any atom is 0.253 e.